The summed E-state index contributed by atoms with van der Waals surface area (Å²) in [4.78, 5) is 62.8. The van der Waals surface area contributed by atoms with E-state index in [1.165, 1.54) is 36.4 Å². The first-order valence-electron chi connectivity index (χ1n) is 11.0. The number of halogens is 1. The molecule has 10 nitrogen and oxygen atoms in total. The molecule has 11 heteroatoms. The van der Waals surface area contributed by atoms with Gasteiger partial charge >= 0.3 is 6.03 Å². The summed E-state index contributed by atoms with van der Waals surface area (Å²) in [5.74, 6) is -4.03. The minimum absolute atomic E-state index is 0.219. The van der Waals surface area contributed by atoms with Crippen LogP contribution in [0.3, 0.4) is 0 Å². The molecule has 3 aromatic carbocycles. The lowest BCUT2D eigenvalue weighted by Gasteiger charge is -2.28. The van der Waals surface area contributed by atoms with Crippen LogP contribution in [0.5, 0.6) is 0 Å². The number of nitrogens with one attached hydrogen (secondary N) is 3. The Labute approximate surface area is 216 Å². The van der Waals surface area contributed by atoms with Crippen LogP contribution in [0.1, 0.15) is 26.3 Å². The fourth-order valence-corrected chi connectivity index (χ4v) is 3.53. The van der Waals surface area contributed by atoms with Crippen LogP contribution in [0, 0.1) is 12.8 Å². The molecule has 1 aliphatic rings. The Balaban J connectivity index is 1.37. The van der Waals surface area contributed by atoms with Gasteiger partial charge < -0.3 is 5.32 Å². The summed E-state index contributed by atoms with van der Waals surface area (Å²) in [5, 5.41) is 8.96. The molecule has 0 aliphatic carbocycles. The number of anilines is 2. The molecule has 0 spiro atoms. The first-order valence-corrected chi connectivity index (χ1v) is 11.4. The van der Waals surface area contributed by atoms with Gasteiger partial charge in [-0.25, -0.2) is 15.1 Å². The lowest BCUT2D eigenvalue weighted by Crippen LogP contribution is -2.58. The molecule has 1 heterocycles. The van der Waals surface area contributed by atoms with Gasteiger partial charge in [0.05, 0.1) is 5.69 Å². The van der Waals surface area contributed by atoms with E-state index in [2.05, 4.69) is 21.2 Å². The molecule has 1 atom stereocenters. The van der Waals surface area contributed by atoms with E-state index in [1.807, 2.05) is 19.1 Å². The number of amides is 6. The van der Waals surface area contributed by atoms with Gasteiger partial charge in [0.25, 0.3) is 17.7 Å². The molecule has 0 saturated carbocycles. The Hall–Kier alpha value is -4.83. The maximum Gasteiger partial charge on any atom is 0.335 e. The van der Waals surface area contributed by atoms with Crippen LogP contribution >= 0.6 is 11.6 Å². The second-order valence-corrected chi connectivity index (χ2v) is 8.48. The topological polar surface area (TPSA) is 137 Å². The largest absolute Gasteiger partial charge is 0.335 e. The van der Waals surface area contributed by atoms with E-state index < -0.39 is 29.7 Å². The second kappa shape index (κ2) is 10.8. The van der Waals surface area contributed by atoms with Crippen molar-refractivity contribution in [3.05, 3.63) is 94.5 Å². The first-order chi connectivity index (χ1) is 17.7. The molecular formula is C26H20ClN5O5. The van der Waals surface area contributed by atoms with Crippen molar-refractivity contribution in [3.8, 4) is 0 Å². The van der Waals surface area contributed by atoms with E-state index in [1.54, 1.807) is 24.3 Å². The molecule has 6 amide bonds. The zero-order chi connectivity index (χ0) is 26.5. The number of rotatable bonds is 6. The first kappa shape index (κ1) is 25.3. The molecule has 4 rings (SSSR count). The van der Waals surface area contributed by atoms with Crippen molar-refractivity contribution in [3.63, 3.8) is 0 Å². The van der Waals surface area contributed by atoms with E-state index >= 15 is 0 Å². The smallest absolute Gasteiger partial charge is 0.322 e. The Morgan fingerprint density at radius 2 is 1.49 bits per heavy atom. The van der Waals surface area contributed by atoms with E-state index in [9.17, 15) is 24.0 Å². The predicted octanol–water partition coefficient (Wildman–Crippen LogP) is 3.52. The van der Waals surface area contributed by atoms with Gasteiger partial charge in [-0.1, -0.05) is 29.3 Å². The van der Waals surface area contributed by atoms with Gasteiger partial charge in [-0.2, -0.15) is 5.10 Å². The number of hydrogen-bond acceptors (Lipinski definition) is 6. The molecule has 37 heavy (non-hydrogen) atoms. The van der Waals surface area contributed by atoms with Crippen molar-refractivity contribution in [2.45, 2.75) is 6.92 Å². The van der Waals surface area contributed by atoms with Crippen molar-refractivity contribution in [2.75, 3.05) is 10.2 Å². The summed E-state index contributed by atoms with van der Waals surface area (Å²) < 4.78 is 0. The molecular weight excluding hydrogens is 498 g/mol. The summed E-state index contributed by atoms with van der Waals surface area (Å²) in [6, 6.07) is 18.2. The standard InChI is InChI=1S/C26H20ClN5O5/c1-15-2-4-16(5-3-15)22(33)29-19-10-6-17(7-11-19)23(34)31-28-14-21-24(35)30-26(37)32(25(21)36)20-12-8-18(27)9-13-20/h2-14,21H,1H3,(H,29,33)(H,31,34)(H,30,35,37)/b28-14-/t21-/m0/s1. The normalized spacial score (nSPS) is 15.5. The molecule has 0 aromatic heterocycles. The van der Waals surface area contributed by atoms with Gasteiger partial charge in [0, 0.05) is 28.1 Å². The maximum atomic E-state index is 12.8. The monoisotopic (exact) mass is 517 g/mol. The number of barbiturate groups is 1. The van der Waals surface area contributed by atoms with Crippen molar-refractivity contribution < 1.29 is 24.0 Å². The highest BCUT2D eigenvalue weighted by atomic mass is 35.5. The van der Waals surface area contributed by atoms with Gasteiger partial charge in [-0.3, -0.25) is 24.5 Å². The van der Waals surface area contributed by atoms with E-state index in [4.69, 9.17) is 11.6 Å². The Kier molecular flexibility index (Phi) is 7.40. The third-order valence-electron chi connectivity index (χ3n) is 5.40. The SMILES string of the molecule is Cc1ccc(C(=O)Nc2ccc(C(=O)N/N=C\[C@H]3C(=O)NC(=O)N(c4ccc(Cl)cc4)C3=O)cc2)cc1. The average molecular weight is 518 g/mol. The molecule has 0 bridgehead atoms. The molecule has 0 unspecified atom stereocenters. The molecule has 1 saturated heterocycles. The molecule has 3 N–H and O–H groups in total. The fraction of sp³-hybridized carbons (Fsp3) is 0.0769. The Bertz CT molecular complexity index is 1400. The zero-order valence-electron chi connectivity index (χ0n) is 19.4. The number of benzene rings is 3. The lowest BCUT2D eigenvalue weighted by molar-refractivity contribution is -0.131. The number of aryl methyl sites for hydroxylation is 1. The fourth-order valence-electron chi connectivity index (χ4n) is 3.40. The van der Waals surface area contributed by atoms with E-state index in [-0.39, 0.29) is 17.2 Å². The van der Waals surface area contributed by atoms with Gasteiger partial charge in [0.15, 0.2) is 5.92 Å². The minimum atomic E-state index is -1.44. The molecule has 186 valence electrons. The number of hydrogen-bond donors (Lipinski definition) is 3. The van der Waals surface area contributed by atoms with Crippen LogP contribution < -0.4 is 21.0 Å². The number of carbonyl (C=O) groups is 5. The van der Waals surface area contributed by atoms with Crippen LogP contribution in [-0.2, 0) is 9.59 Å². The van der Waals surface area contributed by atoms with Crippen LogP contribution in [-0.4, -0.2) is 35.9 Å². The molecule has 0 radical (unpaired) electrons. The summed E-state index contributed by atoms with van der Waals surface area (Å²) >= 11 is 5.85. The highest BCUT2D eigenvalue weighted by molar-refractivity contribution is 6.33. The summed E-state index contributed by atoms with van der Waals surface area (Å²) in [7, 11) is 0. The number of nitrogens with zero attached hydrogens (tertiary/aromatic N) is 2. The summed E-state index contributed by atoms with van der Waals surface area (Å²) in [6.07, 6.45) is 0.946. The van der Waals surface area contributed by atoms with E-state index in [0.29, 0.717) is 16.3 Å². The third kappa shape index (κ3) is 5.88. The van der Waals surface area contributed by atoms with Crippen molar-refractivity contribution in [1.82, 2.24) is 10.7 Å². The highest BCUT2D eigenvalue weighted by Gasteiger charge is 2.40. The summed E-state index contributed by atoms with van der Waals surface area (Å²) in [5.41, 5.74) is 4.71. The van der Waals surface area contributed by atoms with Gasteiger partial charge in [0.2, 0.25) is 5.91 Å². The van der Waals surface area contributed by atoms with Crippen LogP contribution in [0.15, 0.2) is 77.9 Å². The third-order valence-corrected chi connectivity index (χ3v) is 5.65. The quantitative estimate of drug-likeness (QED) is 0.261. The van der Waals surface area contributed by atoms with Gasteiger partial charge in [-0.05, 0) is 67.6 Å². The van der Waals surface area contributed by atoms with Crippen LogP contribution in [0.25, 0.3) is 0 Å². The van der Waals surface area contributed by atoms with Crippen molar-refractivity contribution in [1.29, 1.82) is 0 Å². The van der Waals surface area contributed by atoms with Gasteiger partial charge in [0.1, 0.15) is 0 Å². The number of urea groups is 1. The number of imide groups is 2. The van der Waals surface area contributed by atoms with Crippen LogP contribution in [0.4, 0.5) is 16.2 Å². The van der Waals surface area contributed by atoms with E-state index in [0.717, 1.165) is 16.7 Å². The minimum Gasteiger partial charge on any atom is -0.322 e. The number of hydrazone groups is 1. The van der Waals surface area contributed by atoms with Crippen molar-refractivity contribution >= 4 is 58.9 Å². The summed E-state index contributed by atoms with van der Waals surface area (Å²) in [6.45, 7) is 1.92. The maximum absolute atomic E-state index is 12.8. The highest BCUT2D eigenvalue weighted by Crippen LogP contribution is 2.22. The van der Waals surface area contributed by atoms with Crippen molar-refractivity contribution in [2.24, 2.45) is 11.0 Å². The zero-order valence-corrected chi connectivity index (χ0v) is 20.2. The van der Waals surface area contributed by atoms with Crippen LogP contribution in [0.2, 0.25) is 5.02 Å². The predicted molar refractivity (Wildman–Crippen MR) is 137 cm³/mol. The average Bonchev–Trinajstić information content (AvgIpc) is 2.87. The molecule has 3 aromatic rings. The Morgan fingerprint density at radius 1 is 0.892 bits per heavy atom. The van der Waals surface area contributed by atoms with Gasteiger partial charge in [-0.15, -0.1) is 0 Å². The lowest BCUT2D eigenvalue weighted by atomic mass is 10.1. The molecule has 1 aliphatic heterocycles. The molecule has 1 fully saturated rings. The Morgan fingerprint density at radius 3 is 2.14 bits per heavy atom. The second-order valence-electron chi connectivity index (χ2n) is 8.04. The number of carbonyl (C=O) groups excluding carboxylic acids is 5.